The first kappa shape index (κ1) is 25.6. The summed E-state index contributed by atoms with van der Waals surface area (Å²) < 4.78 is 13.5. The Bertz CT molecular complexity index is 1370. The molecule has 2 amide bonds. The van der Waals surface area contributed by atoms with Crippen LogP contribution in [0.25, 0.3) is 0 Å². The van der Waals surface area contributed by atoms with Crippen molar-refractivity contribution in [2.24, 2.45) is 5.92 Å². The van der Waals surface area contributed by atoms with Gasteiger partial charge in [-0.25, -0.2) is 9.97 Å². The van der Waals surface area contributed by atoms with E-state index in [2.05, 4.69) is 38.9 Å². The summed E-state index contributed by atoms with van der Waals surface area (Å²) in [4.78, 5) is 41.8. The Morgan fingerprint density at radius 2 is 2.08 bits per heavy atom. The molecule has 8 nitrogen and oxygen atoms in total. The van der Waals surface area contributed by atoms with Gasteiger partial charge in [-0.1, -0.05) is 37.8 Å². The number of carbonyl (C=O) groups excluding carboxylic acids is 2. The average molecular weight is 515 g/mol. The van der Waals surface area contributed by atoms with Crippen LogP contribution in [0.3, 0.4) is 0 Å². The molecule has 1 fully saturated rings. The van der Waals surface area contributed by atoms with Crippen LogP contribution in [-0.4, -0.2) is 50.8 Å². The quantitative estimate of drug-likeness (QED) is 0.228. The number of rotatable bonds is 9. The predicted octanol–water partition coefficient (Wildman–Crippen LogP) is 4.53. The van der Waals surface area contributed by atoms with E-state index in [9.17, 15) is 14.0 Å². The molecule has 1 saturated carbocycles. The van der Waals surface area contributed by atoms with E-state index in [0.717, 1.165) is 37.2 Å². The standard InChI is InChI=1S/C29H31FN6O2/c1-3-14-35(22-9-10-22)26-20(18-32-29(34-26)33-21-12-13-31-25(30)17-21)7-5-4-6-15-36-27(37)23-11-8-19(2)16-24(23)28(36)38/h8,11-13,17-19,22H,3-4,6,9-10,14-16H2,1-2H3,(H,31,32,33,34). The smallest absolute Gasteiger partial charge is 0.261 e. The Hall–Kier alpha value is -4.06. The first-order chi connectivity index (χ1) is 18.4. The lowest BCUT2D eigenvalue weighted by Gasteiger charge is -2.24. The number of nitrogens with zero attached hydrogens (tertiary/aromatic N) is 5. The van der Waals surface area contributed by atoms with Crippen molar-refractivity contribution in [3.8, 4) is 11.8 Å². The molecule has 3 heterocycles. The van der Waals surface area contributed by atoms with Crippen molar-refractivity contribution < 1.29 is 14.0 Å². The average Bonchev–Trinajstić information content (AvgIpc) is 3.71. The number of unbranched alkanes of at least 4 members (excludes halogenated alkanes) is 1. The lowest BCUT2D eigenvalue weighted by atomic mass is 9.92. The third-order valence-corrected chi connectivity index (χ3v) is 6.80. The summed E-state index contributed by atoms with van der Waals surface area (Å²) in [5.74, 6) is 6.85. The highest BCUT2D eigenvalue weighted by Crippen LogP contribution is 2.33. The second-order valence-corrected chi connectivity index (χ2v) is 9.95. The molecular formula is C29H31FN6O2. The molecule has 9 heteroatoms. The number of amides is 2. The molecule has 1 N–H and O–H groups in total. The zero-order valence-electron chi connectivity index (χ0n) is 21.7. The van der Waals surface area contributed by atoms with E-state index in [1.807, 2.05) is 13.0 Å². The summed E-state index contributed by atoms with van der Waals surface area (Å²) >= 11 is 0. The zero-order chi connectivity index (χ0) is 26.6. The van der Waals surface area contributed by atoms with Crippen molar-refractivity contribution >= 4 is 29.3 Å². The number of halogens is 1. The first-order valence-electron chi connectivity index (χ1n) is 13.2. The third-order valence-electron chi connectivity index (χ3n) is 6.80. The van der Waals surface area contributed by atoms with Crippen LogP contribution >= 0.6 is 0 Å². The van der Waals surface area contributed by atoms with Crippen LogP contribution in [-0.2, 0) is 9.59 Å². The fraction of sp³-hybridized carbons (Fsp3) is 0.414. The maximum absolute atomic E-state index is 13.5. The highest BCUT2D eigenvalue weighted by molar-refractivity contribution is 6.20. The van der Waals surface area contributed by atoms with Crippen LogP contribution in [0, 0.1) is 23.7 Å². The molecule has 38 heavy (non-hydrogen) atoms. The van der Waals surface area contributed by atoms with Crippen molar-refractivity contribution in [3.05, 3.63) is 59.3 Å². The molecule has 5 rings (SSSR count). The van der Waals surface area contributed by atoms with E-state index in [4.69, 9.17) is 4.98 Å². The molecular weight excluding hydrogens is 483 g/mol. The van der Waals surface area contributed by atoms with E-state index < -0.39 is 5.95 Å². The van der Waals surface area contributed by atoms with Gasteiger partial charge in [-0.05, 0) is 44.1 Å². The number of aromatic nitrogens is 3. The summed E-state index contributed by atoms with van der Waals surface area (Å²) in [6.45, 7) is 5.37. The number of hydrogen-bond donors (Lipinski definition) is 1. The van der Waals surface area contributed by atoms with Gasteiger partial charge >= 0.3 is 0 Å². The maximum Gasteiger partial charge on any atom is 0.261 e. The highest BCUT2D eigenvalue weighted by Gasteiger charge is 2.38. The maximum atomic E-state index is 13.5. The highest BCUT2D eigenvalue weighted by atomic mass is 19.1. The van der Waals surface area contributed by atoms with Gasteiger partial charge in [0, 0.05) is 54.6 Å². The van der Waals surface area contributed by atoms with E-state index >= 15 is 0 Å². The number of anilines is 3. The van der Waals surface area contributed by atoms with Crippen LogP contribution < -0.4 is 10.2 Å². The number of hydrogen-bond acceptors (Lipinski definition) is 7. The Balaban J connectivity index is 1.27. The second kappa shape index (κ2) is 11.1. The van der Waals surface area contributed by atoms with E-state index in [-0.39, 0.29) is 17.7 Å². The van der Waals surface area contributed by atoms with Crippen LogP contribution in [0.4, 0.5) is 21.8 Å². The molecule has 196 valence electrons. The van der Waals surface area contributed by atoms with Gasteiger partial charge in [0.15, 0.2) is 0 Å². The lowest BCUT2D eigenvalue weighted by molar-refractivity contribution is -0.137. The molecule has 0 saturated heterocycles. The minimum atomic E-state index is -0.581. The Morgan fingerprint density at radius 1 is 1.24 bits per heavy atom. The number of allylic oxidation sites excluding steroid dienone is 1. The van der Waals surface area contributed by atoms with Gasteiger partial charge in [0.25, 0.3) is 11.8 Å². The minimum Gasteiger partial charge on any atom is -0.352 e. The fourth-order valence-corrected chi connectivity index (χ4v) is 4.79. The molecule has 1 unspecified atom stereocenters. The van der Waals surface area contributed by atoms with Gasteiger partial charge in [0.1, 0.15) is 5.82 Å². The van der Waals surface area contributed by atoms with E-state index in [1.165, 1.54) is 17.2 Å². The van der Waals surface area contributed by atoms with Gasteiger partial charge in [-0.15, -0.1) is 0 Å². The SMILES string of the molecule is CCCN(c1nc(Nc2ccnc(F)c2)ncc1C#CCCCN1C(=O)C2=C(CC(C)C=C2)C1=O)C1CC1. The summed E-state index contributed by atoms with van der Waals surface area (Å²) in [6.07, 6.45) is 11.8. The van der Waals surface area contributed by atoms with Crippen molar-refractivity contribution in [2.75, 3.05) is 23.3 Å². The van der Waals surface area contributed by atoms with Crippen molar-refractivity contribution in [3.63, 3.8) is 0 Å². The van der Waals surface area contributed by atoms with Crippen LogP contribution in [0.1, 0.15) is 57.9 Å². The Kier molecular flexibility index (Phi) is 7.50. The van der Waals surface area contributed by atoms with Crippen molar-refractivity contribution in [1.29, 1.82) is 0 Å². The molecule has 2 aromatic rings. The van der Waals surface area contributed by atoms with E-state index in [1.54, 1.807) is 18.3 Å². The zero-order valence-corrected chi connectivity index (χ0v) is 21.7. The molecule has 2 aromatic heterocycles. The lowest BCUT2D eigenvalue weighted by Crippen LogP contribution is -2.32. The molecule has 0 spiro atoms. The second-order valence-electron chi connectivity index (χ2n) is 9.95. The molecule has 1 atom stereocenters. The predicted molar refractivity (Wildman–Crippen MR) is 143 cm³/mol. The van der Waals surface area contributed by atoms with Crippen LogP contribution in [0.15, 0.2) is 47.8 Å². The first-order valence-corrected chi connectivity index (χ1v) is 13.2. The normalized spacial score (nSPS) is 18.4. The van der Waals surface area contributed by atoms with Crippen molar-refractivity contribution in [2.45, 2.75) is 58.4 Å². The topological polar surface area (TPSA) is 91.3 Å². The largest absolute Gasteiger partial charge is 0.352 e. The minimum absolute atomic E-state index is 0.165. The van der Waals surface area contributed by atoms with Gasteiger partial charge in [0.2, 0.25) is 11.9 Å². The summed E-state index contributed by atoms with van der Waals surface area (Å²) in [6, 6.07) is 3.38. The molecule has 0 radical (unpaired) electrons. The third kappa shape index (κ3) is 5.59. The number of pyridine rings is 1. The van der Waals surface area contributed by atoms with Gasteiger partial charge in [-0.3, -0.25) is 14.5 Å². The Morgan fingerprint density at radius 3 is 2.84 bits per heavy atom. The summed E-state index contributed by atoms with van der Waals surface area (Å²) in [5.41, 5.74) is 2.42. The van der Waals surface area contributed by atoms with Crippen LogP contribution in [0.5, 0.6) is 0 Å². The number of carbonyl (C=O) groups is 2. The molecule has 2 aliphatic carbocycles. The monoisotopic (exact) mass is 514 g/mol. The number of imide groups is 1. The van der Waals surface area contributed by atoms with Crippen LogP contribution in [0.2, 0.25) is 0 Å². The summed E-state index contributed by atoms with van der Waals surface area (Å²) in [5, 5.41) is 3.05. The molecule has 0 aromatic carbocycles. The summed E-state index contributed by atoms with van der Waals surface area (Å²) in [7, 11) is 0. The molecule has 1 aliphatic heterocycles. The number of nitrogens with one attached hydrogen (secondary N) is 1. The molecule has 0 bridgehead atoms. The Labute approximate surface area is 222 Å². The van der Waals surface area contributed by atoms with Crippen molar-refractivity contribution in [1.82, 2.24) is 19.9 Å². The van der Waals surface area contributed by atoms with Gasteiger partial charge < -0.3 is 10.2 Å². The molecule has 3 aliphatic rings. The fourth-order valence-electron chi connectivity index (χ4n) is 4.79. The van der Waals surface area contributed by atoms with Gasteiger partial charge in [-0.2, -0.15) is 9.37 Å². The van der Waals surface area contributed by atoms with E-state index in [0.29, 0.717) is 54.6 Å². The van der Waals surface area contributed by atoms with Gasteiger partial charge in [0.05, 0.1) is 11.8 Å².